The lowest BCUT2D eigenvalue weighted by Gasteiger charge is -2.27. The quantitative estimate of drug-likeness (QED) is 0.749. The van der Waals surface area contributed by atoms with Crippen LogP contribution in [0.4, 0.5) is 11.4 Å². The molecular weight excluding hydrogens is 204 g/mol. The SMILES string of the molecule is CC(C)C[C@H]1Oc2cccc(N)c2NC1=O. The molecule has 0 fully saturated rings. The number of benzene rings is 1. The van der Waals surface area contributed by atoms with Crippen molar-refractivity contribution in [3.05, 3.63) is 18.2 Å². The van der Waals surface area contributed by atoms with Crippen molar-refractivity contribution in [2.75, 3.05) is 11.1 Å². The first kappa shape index (κ1) is 10.8. The summed E-state index contributed by atoms with van der Waals surface area (Å²) in [6, 6.07) is 5.38. The minimum atomic E-state index is -0.408. The van der Waals surface area contributed by atoms with E-state index in [2.05, 4.69) is 19.2 Å². The Labute approximate surface area is 94.8 Å². The Morgan fingerprint density at radius 1 is 1.50 bits per heavy atom. The number of rotatable bonds is 2. The molecule has 1 heterocycles. The topological polar surface area (TPSA) is 64.3 Å². The van der Waals surface area contributed by atoms with E-state index in [0.29, 0.717) is 29.5 Å². The summed E-state index contributed by atoms with van der Waals surface area (Å²) in [5, 5.41) is 2.79. The molecule has 4 nitrogen and oxygen atoms in total. The Bertz CT molecular complexity index is 415. The van der Waals surface area contributed by atoms with Gasteiger partial charge in [0.2, 0.25) is 0 Å². The molecule has 0 bridgehead atoms. The highest BCUT2D eigenvalue weighted by atomic mass is 16.5. The first-order valence-corrected chi connectivity index (χ1v) is 5.44. The fraction of sp³-hybridized carbons (Fsp3) is 0.417. The van der Waals surface area contributed by atoms with Crippen LogP contribution in [0.2, 0.25) is 0 Å². The minimum Gasteiger partial charge on any atom is -0.478 e. The van der Waals surface area contributed by atoms with Gasteiger partial charge >= 0.3 is 0 Å². The maximum Gasteiger partial charge on any atom is 0.265 e. The van der Waals surface area contributed by atoms with Crippen molar-refractivity contribution in [1.82, 2.24) is 0 Å². The standard InChI is InChI=1S/C12H16N2O2/c1-7(2)6-10-12(15)14-11-8(13)4-3-5-9(11)16-10/h3-5,7,10H,6,13H2,1-2H3,(H,14,15)/t10-/m1/s1. The third kappa shape index (κ3) is 1.96. The molecule has 2 rings (SSSR count). The first-order chi connectivity index (χ1) is 7.58. The number of nitrogen functional groups attached to an aromatic ring is 1. The Kier molecular flexibility index (Phi) is 2.73. The third-order valence-corrected chi connectivity index (χ3v) is 2.55. The lowest BCUT2D eigenvalue weighted by Crippen LogP contribution is -2.38. The number of carbonyl (C=O) groups excluding carboxylic acids is 1. The summed E-state index contributed by atoms with van der Waals surface area (Å²) in [7, 11) is 0. The largest absolute Gasteiger partial charge is 0.478 e. The molecular formula is C12H16N2O2. The maximum atomic E-state index is 11.8. The van der Waals surface area contributed by atoms with Crippen molar-refractivity contribution in [3.8, 4) is 5.75 Å². The molecule has 1 atom stereocenters. The minimum absolute atomic E-state index is 0.112. The van der Waals surface area contributed by atoms with Gasteiger partial charge in [0.25, 0.3) is 5.91 Å². The van der Waals surface area contributed by atoms with Crippen molar-refractivity contribution in [1.29, 1.82) is 0 Å². The molecule has 4 heteroatoms. The van der Waals surface area contributed by atoms with Crippen molar-refractivity contribution in [2.45, 2.75) is 26.4 Å². The average molecular weight is 220 g/mol. The predicted octanol–water partition coefficient (Wildman–Crippen LogP) is 2.01. The van der Waals surface area contributed by atoms with Crippen LogP contribution in [0.25, 0.3) is 0 Å². The lowest BCUT2D eigenvalue weighted by molar-refractivity contribution is -0.124. The second-order valence-electron chi connectivity index (χ2n) is 4.45. The molecule has 1 amide bonds. The number of amides is 1. The van der Waals surface area contributed by atoms with Crippen molar-refractivity contribution in [3.63, 3.8) is 0 Å². The number of fused-ring (bicyclic) bond motifs is 1. The van der Waals surface area contributed by atoms with E-state index in [-0.39, 0.29) is 5.91 Å². The molecule has 0 unspecified atom stereocenters. The predicted molar refractivity (Wildman–Crippen MR) is 63.4 cm³/mol. The van der Waals surface area contributed by atoms with E-state index in [1.807, 2.05) is 12.1 Å². The fourth-order valence-corrected chi connectivity index (χ4v) is 1.77. The maximum absolute atomic E-state index is 11.8. The number of hydrogen-bond acceptors (Lipinski definition) is 3. The van der Waals surface area contributed by atoms with Crippen molar-refractivity contribution < 1.29 is 9.53 Å². The van der Waals surface area contributed by atoms with Crippen LogP contribution in [-0.2, 0) is 4.79 Å². The van der Waals surface area contributed by atoms with Crippen LogP contribution < -0.4 is 15.8 Å². The summed E-state index contributed by atoms with van der Waals surface area (Å²) in [5.74, 6) is 0.961. The molecule has 0 aromatic heterocycles. The van der Waals surface area contributed by atoms with E-state index in [1.165, 1.54) is 0 Å². The number of para-hydroxylation sites is 1. The summed E-state index contributed by atoms with van der Waals surface area (Å²) in [6.07, 6.45) is 0.300. The van der Waals surface area contributed by atoms with Gasteiger partial charge in [-0.15, -0.1) is 0 Å². The Balaban J connectivity index is 2.25. The van der Waals surface area contributed by atoms with E-state index in [0.717, 1.165) is 0 Å². The van der Waals surface area contributed by atoms with Gasteiger partial charge in [-0.05, 0) is 24.5 Å². The van der Waals surface area contributed by atoms with Gasteiger partial charge in [-0.1, -0.05) is 19.9 Å². The molecule has 1 aliphatic heterocycles. The second kappa shape index (κ2) is 4.04. The van der Waals surface area contributed by atoms with Crippen LogP contribution in [-0.4, -0.2) is 12.0 Å². The van der Waals surface area contributed by atoms with E-state index in [9.17, 15) is 4.79 Å². The van der Waals surface area contributed by atoms with Gasteiger partial charge < -0.3 is 15.8 Å². The summed E-state index contributed by atoms with van der Waals surface area (Å²) in [4.78, 5) is 11.8. The molecule has 1 aromatic rings. The molecule has 3 N–H and O–H groups in total. The van der Waals surface area contributed by atoms with Crippen LogP contribution in [0.1, 0.15) is 20.3 Å². The van der Waals surface area contributed by atoms with E-state index >= 15 is 0 Å². The summed E-state index contributed by atoms with van der Waals surface area (Å²) >= 11 is 0. The van der Waals surface area contributed by atoms with Gasteiger partial charge in [0.15, 0.2) is 6.10 Å². The normalized spacial score (nSPS) is 18.9. The van der Waals surface area contributed by atoms with Gasteiger partial charge in [-0.3, -0.25) is 4.79 Å². The molecule has 1 aromatic carbocycles. The lowest BCUT2D eigenvalue weighted by atomic mass is 10.0. The number of anilines is 2. The summed E-state index contributed by atoms with van der Waals surface area (Å²) in [5.41, 5.74) is 6.88. The van der Waals surface area contributed by atoms with Crippen molar-refractivity contribution in [2.24, 2.45) is 5.92 Å². The molecule has 0 spiro atoms. The van der Waals surface area contributed by atoms with Gasteiger partial charge in [-0.2, -0.15) is 0 Å². The van der Waals surface area contributed by atoms with Crippen LogP contribution in [0.5, 0.6) is 5.75 Å². The molecule has 0 radical (unpaired) electrons. The molecule has 86 valence electrons. The van der Waals surface area contributed by atoms with Gasteiger partial charge in [0.05, 0.1) is 5.69 Å². The fourth-order valence-electron chi connectivity index (χ4n) is 1.77. The zero-order chi connectivity index (χ0) is 11.7. The van der Waals surface area contributed by atoms with Gasteiger partial charge in [0.1, 0.15) is 11.4 Å². The number of ether oxygens (including phenoxy) is 1. The summed E-state index contributed by atoms with van der Waals surface area (Å²) in [6.45, 7) is 4.12. The Morgan fingerprint density at radius 2 is 2.25 bits per heavy atom. The monoisotopic (exact) mass is 220 g/mol. The molecule has 0 aliphatic carbocycles. The zero-order valence-electron chi connectivity index (χ0n) is 9.49. The van der Waals surface area contributed by atoms with Gasteiger partial charge in [-0.25, -0.2) is 0 Å². The molecule has 0 saturated heterocycles. The molecule has 16 heavy (non-hydrogen) atoms. The highest BCUT2D eigenvalue weighted by Gasteiger charge is 2.28. The van der Waals surface area contributed by atoms with Crippen LogP contribution >= 0.6 is 0 Å². The van der Waals surface area contributed by atoms with E-state index < -0.39 is 6.10 Å². The van der Waals surface area contributed by atoms with E-state index in [4.69, 9.17) is 10.5 Å². The smallest absolute Gasteiger partial charge is 0.265 e. The molecule has 1 aliphatic rings. The highest BCUT2D eigenvalue weighted by Crippen LogP contribution is 2.35. The van der Waals surface area contributed by atoms with Crippen LogP contribution in [0.3, 0.4) is 0 Å². The number of nitrogens with two attached hydrogens (primary N) is 1. The van der Waals surface area contributed by atoms with Gasteiger partial charge in [0, 0.05) is 0 Å². The van der Waals surface area contributed by atoms with E-state index in [1.54, 1.807) is 6.07 Å². The summed E-state index contributed by atoms with van der Waals surface area (Å²) < 4.78 is 5.64. The third-order valence-electron chi connectivity index (χ3n) is 2.55. The first-order valence-electron chi connectivity index (χ1n) is 5.44. The Hall–Kier alpha value is -1.71. The number of hydrogen-bond donors (Lipinski definition) is 2. The van der Waals surface area contributed by atoms with Crippen LogP contribution in [0.15, 0.2) is 18.2 Å². The number of carbonyl (C=O) groups is 1. The van der Waals surface area contributed by atoms with Crippen LogP contribution in [0, 0.1) is 5.92 Å². The van der Waals surface area contributed by atoms with Crippen molar-refractivity contribution >= 4 is 17.3 Å². The zero-order valence-corrected chi connectivity index (χ0v) is 9.49. The number of nitrogens with one attached hydrogen (secondary N) is 1. The Morgan fingerprint density at radius 3 is 2.94 bits per heavy atom. The second-order valence-corrected chi connectivity index (χ2v) is 4.45. The average Bonchev–Trinajstić information content (AvgIpc) is 2.20. The molecule has 0 saturated carbocycles. The highest BCUT2D eigenvalue weighted by molar-refractivity contribution is 6.00.